The van der Waals surface area contributed by atoms with E-state index in [0.29, 0.717) is 36.6 Å². The molecule has 0 unspecified atom stereocenters. The van der Waals surface area contributed by atoms with Crippen LogP contribution in [0.5, 0.6) is 0 Å². The number of aromatic nitrogens is 1. The Morgan fingerprint density at radius 1 is 0.970 bits per heavy atom. The molecule has 8 nitrogen and oxygen atoms in total. The highest BCUT2D eigenvalue weighted by Gasteiger charge is 2.28. The number of fused-ring (bicyclic) bond motifs is 1. The third-order valence-electron chi connectivity index (χ3n) is 5.26. The molecular formula is C22H40N2O6SSi2. The fourth-order valence-electron chi connectivity index (χ4n) is 3.15. The summed E-state index contributed by atoms with van der Waals surface area (Å²) in [5.74, 6) is -0.164. The number of ether oxygens (including phenoxy) is 2. The maximum atomic E-state index is 13.4. The number of hydrogen-bond acceptors (Lipinski definition) is 6. The number of hydrogen-bond donors (Lipinski definition) is 0. The Morgan fingerprint density at radius 2 is 1.55 bits per heavy atom. The monoisotopic (exact) mass is 516 g/mol. The number of carbonyl (C=O) groups excluding carboxylic acids is 1. The third kappa shape index (κ3) is 9.87. The van der Waals surface area contributed by atoms with Crippen molar-refractivity contribution in [3.63, 3.8) is 0 Å². The number of carbonyl (C=O) groups is 1. The van der Waals surface area contributed by atoms with Crippen LogP contribution in [0, 0.1) is 0 Å². The summed E-state index contributed by atoms with van der Waals surface area (Å²) in [5, 5.41) is 0. The van der Waals surface area contributed by atoms with E-state index in [2.05, 4.69) is 39.3 Å². The average Bonchev–Trinajstić information content (AvgIpc) is 3.02. The second kappa shape index (κ2) is 11.5. The third-order valence-corrected chi connectivity index (χ3v) is 9.21. The summed E-state index contributed by atoms with van der Waals surface area (Å²) in [6.07, 6.45) is 4.67. The van der Waals surface area contributed by atoms with Crippen LogP contribution in [-0.4, -0.2) is 79.3 Å². The largest absolute Gasteiger partial charge is 0.361 e. The van der Waals surface area contributed by atoms with Crippen LogP contribution in [0.3, 0.4) is 0 Å². The molecule has 2 rings (SSSR count). The molecular weight excluding hydrogens is 476 g/mol. The molecule has 1 aliphatic heterocycles. The first-order chi connectivity index (χ1) is 15.2. The molecule has 0 fully saturated rings. The fourth-order valence-corrected chi connectivity index (χ4v) is 5.01. The van der Waals surface area contributed by atoms with Gasteiger partial charge in [-0.2, -0.15) is 8.42 Å². The molecule has 0 aromatic carbocycles. The Labute approximate surface area is 201 Å². The maximum absolute atomic E-state index is 13.4. The standard InChI is InChI=1S/C22H40N2O6SSi2/c1-31(26,27)30-16-19-8-10-24(18-29-13-15-33(5,6)7)22(25)21-20(19)9-11-23(21)17-28-12-14-32(2,3)4/h8-9,11H,10,12-18H2,1-7H3. The Hall–Kier alpha value is -1.25. The number of rotatable bonds is 13. The van der Waals surface area contributed by atoms with Gasteiger partial charge in [0.15, 0.2) is 0 Å². The van der Waals surface area contributed by atoms with Gasteiger partial charge in [-0.25, -0.2) is 0 Å². The second-order valence-corrected chi connectivity index (χ2v) is 23.9. The SMILES string of the molecule is C[Si](C)(C)CCOCN1CC=C(COS(C)(=O)=O)c2ccn(COCC[Si](C)(C)C)c2C1=O. The lowest BCUT2D eigenvalue weighted by Crippen LogP contribution is -2.35. The molecule has 33 heavy (non-hydrogen) atoms. The first-order valence-corrected chi connectivity index (χ1v) is 20.6. The van der Waals surface area contributed by atoms with Gasteiger partial charge in [-0.3, -0.25) is 8.98 Å². The molecule has 1 aromatic rings. The van der Waals surface area contributed by atoms with Crippen molar-refractivity contribution in [3.8, 4) is 0 Å². The summed E-state index contributed by atoms with van der Waals surface area (Å²) in [6.45, 7) is 15.6. The minimum atomic E-state index is -3.61. The van der Waals surface area contributed by atoms with Crippen molar-refractivity contribution in [2.24, 2.45) is 0 Å². The van der Waals surface area contributed by atoms with Gasteiger partial charge in [0.05, 0.1) is 12.9 Å². The van der Waals surface area contributed by atoms with Gasteiger partial charge in [-0.15, -0.1) is 0 Å². The maximum Gasteiger partial charge on any atom is 0.273 e. The van der Waals surface area contributed by atoms with Gasteiger partial charge in [-0.05, 0) is 23.7 Å². The molecule has 0 spiro atoms. The normalized spacial score (nSPS) is 15.4. The van der Waals surface area contributed by atoms with Crippen LogP contribution in [0.25, 0.3) is 5.57 Å². The predicted octanol–water partition coefficient (Wildman–Crippen LogP) is 3.93. The number of amides is 1. The summed E-state index contributed by atoms with van der Waals surface area (Å²) >= 11 is 0. The van der Waals surface area contributed by atoms with Crippen LogP contribution in [0.2, 0.25) is 51.4 Å². The molecule has 1 aromatic heterocycles. The van der Waals surface area contributed by atoms with Gasteiger partial charge in [0.25, 0.3) is 16.0 Å². The van der Waals surface area contributed by atoms with E-state index in [1.165, 1.54) is 0 Å². The summed E-state index contributed by atoms with van der Waals surface area (Å²) in [6, 6.07) is 3.88. The smallest absolute Gasteiger partial charge is 0.273 e. The fraction of sp³-hybridized carbons (Fsp3) is 0.682. The molecule has 1 aliphatic rings. The van der Waals surface area contributed by atoms with Crippen LogP contribution in [0.15, 0.2) is 18.3 Å². The minimum absolute atomic E-state index is 0.121. The topological polar surface area (TPSA) is 87.1 Å². The van der Waals surface area contributed by atoms with Crippen molar-refractivity contribution >= 4 is 37.7 Å². The lowest BCUT2D eigenvalue weighted by molar-refractivity contribution is 0.0300. The Kier molecular flexibility index (Phi) is 9.72. The molecule has 0 atom stereocenters. The van der Waals surface area contributed by atoms with Gasteiger partial charge in [-0.1, -0.05) is 45.4 Å². The predicted molar refractivity (Wildman–Crippen MR) is 137 cm³/mol. The summed E-state index contributed by atoms with van der Waals surface area (Å²) < 4.78 is 41.7. The van der Waals surface area contributed by atoms with E-state index in [0.717, 1.165) is 18.3 Å². The first-order valence-electron chi connectivity index (χ1n) is 11.3. The van der Waals surface area contributed by atoms with Crippen LogP contribution >= 0.6 is 0 Å². The van der Waals surface area contributed by atoms with Crippen LogP contribution in [-0.2, 0) is 30.5 Å². The van der Waals surface area contributed by atoms with Gasteiger partial charge in [0.2, 0.25) is 0 Å². The lowest BCUT2D eigenvalue weighted by atomic mass is 10.1. The van der Waals surface area contributed by atoms with Crippen molar-refractivity contribution < 1.29 is 26.9 Å². The summed E-state index contributed by atoms with van der Waals surface area (Å²) in [7, 11) is -6.06. The molecule has 0 aliphatic carbocycles. The van der Waals surface area contributed by atoms with Crippen LogP contribution in [0.4, 0.5) is 0 Å². The zero-order valence-corrected chi connectivity index (χ0v) is 24.0. The quantitative estimate of drug-likeness (QED) is 0.224. The molecule has 0 saturated carbocycles. The highest BCUT2D eigenvalue weighted by molar-refractivity contribution is 7.86. The highest BCUT2D eigenvalue weighted by atomic mass is 32.2. The van der Waals surface area contributed by atoms with Crippen LogP contribution < -0.4 is 0 Å². The summed E-state index contributed by atoms with van der Waals surface area (Å²) in [4.78, 5) is 15.1. The second-order valence-electron chi connectivity index (χ2n) is 11.0. The van der Waals surface area contributed by atoms with Crippen molar-refractivity contribution in [2.75, 3.05) is 39.4 Å². The zero-order valence-electron chi connectivity index (χ0n) is 21.1. The van der Waals surface area contributed by atoms with Crippen molar-refractivity contribution in [1.29, 1.82) is 0 Å². The molecule has 1 amide bonds. The van der Waals surface area contributed by atoms with Gasteiger partial charge in [0.1, 0.15) is 19.2 Å². The minimum Gasteiger partial charge on any atom is -0.361 e. The van der Waals surface area contributed by atoms with Gasteiger partial charge in [0, 0.05) is 47.7 Å². The van der Waals surface area contributed by atoms with Crippen molar-refractivity contribution in [1.82, 2.24) is 9.47 Å². The van der Waals surface area contributed by atoms with E-state index in [1.807, 2.05) is 12.1 Å². The molecule has 0 bridgehead atoms. The molecule has 2 heterocycles. The Bertz CT molecular complexity index is 945. The van der Waals surface area contributed by atoms with Crippen molar-refractivity contribution in [3.05, 3.63) is 29.6 Å². The van der Waals surface area contributed by atoms with Gasteiger partial charge >= 0.3 is 0 Å². The molecule has 0 N–H and O–H groups in total. The lowest BCUT2D eigenvalue weighted by Gasteiger charge is -2.23. The van der Waals surface area contributed by atoms with E-state index in [1.54, 1.807) is 15.7 Å². The number of nitrogens with zero attached hydrogens (tertiary/aromatic N) is 2. The Morgan fingerprint density at radius 3 is 2.09 bits per heavy atom. The molecule has 0 saturated heterocycles. The molecule has 0 radical (unpaired) electrons. The van der Waals surface area contributed by atoms with Crippen LogP contribution in [0.1, 0.15) is 16.1 Å². The van der Waals surface area contributed by atoms with Gasteiger partial charge < -0.3 is 18.9 Å². The van der Waals surface area contributed by atoms with Crippen molar-refractivity contribution in [2.45, 2.75) is 58.1 Å². The van der Waals surface area contributed by atoms with E-state index >= 15 is 0 Å². The van der Waals surface area contributed by atoms with E-state index in [-0.39, 0.29) is 26.0 Å². The average molecular weight is 517 g/mol. The Balaban J connectivity index is 2.19. The summed E-state index contributed by atoms with van der Waals surface area (Å²) in [5.41, 5.74) is 1.80. The zero-order chi connectivity index (χ0) is 24.9. The van der Waals surface area contributed by atoms with E-state index in [4.69, 9.17) is 13.7 Å². The van der Waals surface area contributed by atoms with E-state index in [9.17, 15) is 13.2 Å². The first kappa shape index (κ1) is 28.0. The molecule has 11 heteroatoms. The van der Waals surface area contributed by atoms with E-state index < -0.39 is 26.3 Å². The highest BCUT2D eigenvalue weighted by Crippen LogP contribution is 2.27. The molecule has 188 valence electrons.